The molecule has 1 N–H and O–H groups in total. The number of nitrogens with one attached hydrogen (secondary N) is 1. The van der Waals surface area contributed by atoms with Crippen LogP contribution in [0.15, 0.2) is 24.3 Å². The van der Waals surface area contributed by atoms with Gasteiger partial charge in [0, 0.05) is 0 Å². The van der Waals surface area contributed by atoms with E-state index in [1.807, 2.05) is 6.07 Å². The van der Waals surface area contributed by atoms with Crippen LogP contribution in [0.1, 0.15) is 31.2 Å². The molecule has 1 heterocycles. The molecule has 8 nitrogen and oxygen atoms in total. The van der Waals surface area contributed by atoms with Crippen molar-refractivity contribution in [3.63, 3.8) is 0 Å². The number of anilines is 1. The van der Waals surface area contributed by atoms with Crippen molar-refractivity contribution < 1.29 is 23.9 Å². The van der Waals surface area contributed by atoms with Gasteiger partial charge in [-0.3, -0.25) is 24.1 Å². The zero-order chi connectivity index (χ0) is 19.4. The summed E-state index contributed by atoms with van der Waals surface area (Å²) in [5, 5.41) is 11.5. The molecule has 0 bridgehead atoms. The van der Waals surface area contributed by atoms with E-state index in [4.69, 9.17) is 10.00 Å². The molecule has 2 atom stereocenters. The van der Waals surface area contributed by atoms with E-state index in [0.29, 0.717) is 18.5 Å². The Morgan fingerprint density at radius 3 is 2.41 bits per heavy atom. The molecule has 0 aromatic heterocycles. The Balaban J connectivity index is 1.51. The summed E-state index contributed by atoms with van der Waals surface area (Å²) in [4.78, 5) is 49.5. The number of nitrogens with zero attached hydrogens (tertiary/aromatic N) is 2. The van der Waals surface area contributed by atoms with Crippen molar-refractivity contribution >= 4 is 29.4 Å². The topological polar surface area (TPSA) is 117 Å². The molecular weight excluding hydrogens is 350 g/mol. The minimum absolute atomic E-state index is 0.285. The first-order valence-electron chi connectivity index (χ1n) is 8.81. The highest BCUT2D eigenvalue weighted by Crippen LogP contribution is 2.37. The Labute approximate surface area is 156 Å². The van der Waals surface area contributed by atoms with Gasteiger partial charge in [-0.2, -0.15) is 5.26 Å². The van der Waals surface area contributed by atoms with Crippen molar-refractivity contribution in [3.8, 4) is 6.07 Å². The van der Waals surface area contributed by atoms with E-state index in [1.54, 1.807) is 24.3 Å². The summed E-state index contributed by atoms with van der Waals surface area (Å²) < 4.78 is 4.88. The Bertz CT molecular complexity index is 805. The van der Waals surface area contributed by atoms with Crippen molar-refractivity contribution in [2.45, 2.75) is 25.7 Å². The molecule has 1 aliphatic carbocycles. The maximum Gasteiger partial charge on any atom is 0.326 e. The van der Waals surface area contributed by atoms with Crippen LogP contribution in [0.2, 0.25) is 0 Å². The average Bonchev–Trinajstić information content (AvgIpc) is 2.92. The summed E-state index contributed by atoms with van der Waals surface area (Å²) in [6, 6.07) is 8.37. The van der Waals surface area contributed by atoms with Crippen LogP contribution in [0.3, 0.4) is 0 Å². The standard InChI is InChI=1S/C19H19N3O5/c20-9-12-5-1-4-8-15(12)21-16(23)11-27-17(24)10-22-18(25)13-6-2-3-7-14(13)19(22)26/h1,4-5,8,13-14H,2-3,6-7,10-11H2,(H,21,23)/t13-,14-/m1/s1. The van der Waals surface area contributed by atoms with Gasteiger partial charge in [-0.05, 0) is 25.0 Å². The third-order valence-corrected chi connectivity index (χ3v) is 4.91. The van der Waals surface area contributed by atoms with Crippen LogP contribution in [0.4, 0.5) is 5.69 Å². The molecule has 8 heteroatoms. The number of fused-ring (bicyclic) bond motifs is 1. The predicted molar refractivity (Wildman–Crippen MR) is 92.9 cm³/mol. The highest BCUT2D eigenvalue weighted by Gasteiger charge is 2.48. The number of amides is 3. The minimum Gasteiger partial charge on any atom is -0.454 e. The first kappa shape index (κ1) is 18.6. The number of nitriles is 1. The highest BCUT2D eigenvalue weighted by atomic mass is 16.5. The molecule has 140 valence electrons. The number of para-hydroxylation sites is 1. The molecule has 0 radical (unpaired) electrons. The Hall–Kier alpha value is -3.21. The van der Waals surface area contributed by atoms with Crippen molar-refractivity contribution in [2.24, 2.45) is 11.8 Å². The second-order valence-corrected chi connectivity index (χ2v) is 6.63. The Kier molecular flexibility index (Phi) is 5.50. The summed E-state index contributed by atoms with van der Waals surface area (Å²) in [5.74, 6) is -2.74. The van der Waals surface area contributed by atoms with Gasteiger partial charge in [0.15, 0.2) is 6.61 Å². The van der Waals surface area contributed by atoms with E-state index in [-0.39, 0.29) is 29.2 Å². The van der Waals surface area contributed by atoms with Gasteiger partial charge in [0.1, 0.15) is 12.6 Å². The number of carbonyl (C=O) groups excluding carboxylic acids is 4. The second kappa shape index (κ2) is 7.99. The summed E-state index contributed by atoms with van der Waals surface area (Å²) in [6.45, 7) is -1.05. The van der Waals surface area contributed by atoms with Gasteiger partial charge in [0.25, 0.3) is 5.91 Å². The summed E-state index contributed by atoms with van der Waals surface area (Å²) in [5.41, 5.74) is 0.600. The molecule has 1 saturated heterocycles. The van der Waals surface area contributed by atoms with Crippen molar-refractivity contribution in [3.05, 3.63) is 29.8 Å². The number of carbonyl (C=O) groups is 4. The predicted octanol–water partition coefficient (Wildman–Crippen LogP) is 1.22. The van der Waals surface area contributed by atoms with Crippen LogP contribution in [0.5, 0.6) is 0 Å². The van der Waals surface area contributed by atoms with E-state index >= 15 is 0 Å². The monoisotopic (exact) mass is 369 g/mol. The molecule has 2 fully saturated rings. The summed E-state index contributed by atoms with van der Waals surface area (Å²) in [7, 11) is 0. The quantitative estimate of drug-likeness (QED) is 0.616. The Morgan fingerprint density at radius 2 is 1.78 bits per heavy atom. The molecule has 0 spiro atoms. The van der Waals surface area contributed by atoms with Crippen LogP contribution in [-0.2, 0) is 23.9 Å². The molecule has 27 heavy (non-hydrogen) atoms. The molecule has 0 unspecified atom stereocenters. The highest BCUT2D eigenvalue weighted by molar-refractivity contribution is 6.07. The number of rotatable bonds is 5. The molecule has 1 aromatic rings. The molecule has 1 saturated carbocycles. The van der Waals surface area contributed by atoms with Gasteiger partial charge < -0.3 is 10.1 Å². The van der Waals surface area contributed by atoms with Gasteiger partial charge >= 0.3 is 5.97 Å². The smallest absolute Gasteiger partial charge is 0.326 e. The number of hydrogen-bond acceptors (Lipinski definition) is 6. The molecule has 3 amide bonds. The van der Waals surface area contributed by atoms with Crippen LogP contribution < -0.4 is 5.32 Å². The van der Waals surface area contributed by atoms with E-state index in [2.05, 4.69) is 5.32 Å². The number of benzene rings is 1. The zero-order valence-electron chi connectivity index (χ0n) is 14.6. The number of esters is 1. The van der Waals surface area contributed by atoms with E-state index < -0.39 is 25.0 Å². The molecular formula is C19H19N3O5. The molecule has 2 aliphatic rings. The van der Waals surface area contributed by atoms with Crippen LogP contribution in [0.25, 0.3) is 0 Å². The number of likely N-dealkylation sites (tertiary alicyclic amines) is 1. The molecule has 1 aliphatic heterocycles. The minimum atomic E-state index is -0.820. The van der Waals surface area contributed by atoms with Crippen molar-refractivity contribution in [1.29, 1.82) is 5.26 Å². The lowest BCUT2D eigenvalue weighted by Crippen LogP contribution is -2.37. The Morgan fingerprint density at radius 1 is 1.15 bits per heavy atom. The van der Waals surface area contributed by atoms with Gasteiger partial charge in [-0.1, -0.05) is 25.0 Å². The fourth-order valence-corrected chi connectivity index (χ4v) is 3.58. The number of ether oxygens (including phenoxy) is 1. The van der Waals surface area contributed by atoms with Gasteiger partial charge in [0.2, 0.25) is 11.8 Å². The third kappa shape index (κ3) is 3.97. The number of hydrogen-bond donors (Lipinski definition) is 1. The van der Waals surface area contributed by atoms with Crippen LogP contribution in [-0.4, -0.2) is 41.7 Å². The van der Waals surface area contributed by atoms with E-state index in [1.165, 1.54) is 0 Å². The first-order chi connectivity index (χ1) is 13.0. The lowest BCUT2D eigenvalue weighted by Gasteiger charge is -2.19. The second-order valence-electron chi connectivity index (χ2n) is 6.63. The van der Waals surface area contributed by atoms with Crippen molar-refractivity contribution in [1.82, 2.24) is 4.90 Å². The first-order valence-corrected chi connectivity index (χ1v) is 8.81. The summed E-state index contributed by atoms with van der Waals surface area (Å²) >= 11 is 0. The normalized spacial score (nSPS) is 21.4. The van der Waals surface area contributed by atoms with E-state index in [9.17, 15) is 19.2 Å². The number of imide groups is 1. The molecule has 3 rings (SSSR count). The fourth-order valence-electron chi connectivity index (χ4n) is 3.58. The maximum atomic E-state index is 12.3. The largest absolute Gasteiger partial charge is 0.454 e. The van der Waals surface area contributed by atoms with Crippen LogP contribution >= 0.6 is 0 Å². The van der Waals surface area contributed by atoms with Gasteiger partial charge in [-0.15, -0.1) is 0 Å². The SMILES string of the molecule is N#Cc1ccccc1NC(=O)COC(=O)CN1C(=O)[C@@H]2CCCC[C@H]2C1=O. The fraction of sp³-hybridized carbons (Fsp3) is 0.421. The van der Waals surface area contributed by atoms with Crippen LogP contribution in [0, 0.1) is 23.2 Å². The molecule has 1 aromatic carbocycles. The maximum absolute atomic E-state index is 12.3. The summed E-state index contributed by atoms with van der Waals surface area (Å²) in [6.07, 6.45) is 3.15. The van der Waals surface area contributed by atoms with Gasteiger partial charge in [0.05, 0.1) is 23.1 Å². The lowest BCUT2D eigenvalue weighted by atomic mass is 9.81. The van der Waals surface area contributed by atoms with Crippen molar-refractivity contribution in [2.75, 3.05) is 18.5 Å². The van der Waals surface area contributed by atoms with E-state index in [0.717, 1.165) is 17.7 Å². The average molecular weight is 369 g/mol. The lowest BCUT2D eigenvalue weighted by molar-refractivity contribution is -0.154. The van der Waals surface area contributed by atoms with Gasteiger partial charge in [-0.25, -0.2) is 0 Å². The zero-order valence-corrected chi connectivity index (χ0v) is 14.6. The third-order valence-electron chi connectivity index (χ3n) is 4.91.